The van der Waals surface area contributed by atoms with Crippen LogP contribution in [0.2, 0.25) is 0 Å². The number of amides is 1. The lowest BCUT2D eigenvalue weighted by molar-refractivity contribution is -0.137. The maximum atomic E-state index is 13.4. The molecule has 0 aromatic heterocycles. The third-order valence-corrected chi connectivity index (χ3v) is 2.18. The van der Waals surface area contributed by atoms with Gasteiger partial charge in [0.1, 0.15) is 29.6 Å². The molecule has 1 aromatic rings. The van der Waals surface area contributed by atoms with Crippen molar-refractivity contribution in [2.45, 2.75) is 0 Å². The number of rotatable bonds is 5. The number of carbonyl (C=O) groups is 2. The molecule has 0 aliphatic carbocycles. The summed E-state index contributed by atoms with van der Waals surface area (Å²) in [6.45, 7) is 2.35. The van der Waals surface area contributed by atoms with Crippen LogP contribution in [0.1, 0.15) is 10.4 Å². The second-order valence-corrected chi connectivity index (χ2v) is 3.61. The van der Waals surface area contributed by atoms with Gasteiger partial charge in [0.05, 0.1) is 0 Å². The first-order valence-corrected chi connectivity index (χ1v) is 5.13. The molecule has 7 heteroatoms. The largest absolute Gasteiger partial charge is 0.480 e. The van der Waals surface area contributed by atoms with Crippen molar-refractivity contribution < 1.29 is 27.9 Å². The quantitative estimate of drug-likeness (QED) is 0.832. The van der Waals surface area contributed by atoms with E-state index in [2.05, 4.69) is 6.58 Å². The molecule has 4 nitrogen and oxygen atoms in total. The molecule has 0 fully saturated rings. The predicted molar refractivity (Wildman–Crippen MR) is 60.1 cm³/mol. The zero-order valence-electron chi connectivity index (χ0n) is 9.70. The van der Waals surface area contributed by atoms with Gasteiger partial charge in [0.15, 0.2) is 0 Å². The summed E-state index contributed by atoms with van der Waals surface area (Å²) >= 11 is 0. The van der Waals surface area contributed by atoms with E-state index in [9.17, 15) is 22.8 Å². The van der Waals surface area contributed by atoms with Gasteiger partial charge in [0.2, 0.25) is 0 Å². The summed E-state index contributed by atoms with van der Waals surface area (Å²) in [5, 5.41) is 8.61. The number of halogens is 3. The van der Waals surface area contributed by atoms with Crippen LogP contribution in [0, 0.1) is 17.5 Å². The van der Waals surface area contributed by atoms with E-state index in [-0.39, 0.29) is 6.54 Å². The molecule has 19 heavy (non-hydrogen) atoms. The number of hydrogen-bond donors (Lipinski definition) is 1. The number of carbonyl (C=O) groups excluding carboxylic acids is 1. The fourth-order valence-corrected chi connectivity index (χ4v) is 1.44. The van der Waals surface area contributed by atoms with E-state index in [1.807, 2.05) is 0 Å². The summed E-state index contributed by atoms with van der Waals surface area (Å²) in [5.41, 5.74) is -0.996. The van der Waals surface area contributed by atoms with Crippen LogP contribution in [-0.4, -0.2) is 35.0 Å². The van der Waals surface area contributed by atoms with Crippen LogP contribution < -0.4 is 0 Å². The molecule has 0 spiro atoms. The Balaban J connectivity index is 3.16. The molecule has 102 valence electrons. The molecule has 0 saturated heterocycles. The van der Waals surface area contributed by atoms with Gasteiger partial charge in [-0.2, -0.15) is 0 Å². The van der Waals surface area contributed by atoms with Crippen LogP contribution >= 0.6 is 0 Å². The van der Waals surface area contributed by atoms with Crippen LogP contribution in [-0.2, 0) is 4.79 Å². The van der Waals surface area contributed by atoms with Gasteiger partial charge in [-0.25, -0.2) is 13.2 Å². The van der Waals surface area contributed by atoms with Gasteiger partial charge in [-0.3, -0.25) is 9.59 Å². The Morgan fingerprint density at radius 3 is 2.21 bits per heavy atom. The van der Waals surface area contributed by atoms with Crippen LogP contribution in [0.25, 0.3) is 0 Å². The van der Waals surface area contributed by atoms with Gasteiger partial charge < -0.3 is 10.0 Å². The second-order valence-electron chi connectivity index (χ2n) is 3.61. The Kier molecular flexibility index (Phi) is 4.68. The first-order valence-electron chi connectivity index (χ1n) is 5.13. The first-order chi connectivity index (χ1) is 8.86. The maximum Gasteiger partial charge on any atom is 0.323 e. The smallest absolute Gasteiger partial charge is 0.323 e. The van der Waals surface area contributed by atoms with E-state index in [1.54, 1.807) is 0 Å². The highest BCUT2D eigenvalue weighted by atomic mass is 19.1. The molecule has 1 N–H and O–H groups in total. The van der Waals surface area contributed by atoms with E-state index < -0.39 is 41.4 Å². The van der Waals surface area contributed by atoms with Crippen molar-refractivity contribution in [3.05, 3.63) is 47.8 Å². The Morgan fingerprint density at radius 1 is 1.26 bits per heavy atom. The van der Waals surface area contributed by atoms with Crippen molar-refractivity contribution >= 4 is 11.9 Å². The van der Waals surface area contributed by atoms with Crippen LogP contribution in [0.3, 0.4) is 0 Å². The molecule has 1 rings (SSSR count). The lowest BCUT2D eigenvalue weighted by Gasteiger charge is -2.19. The zero-order valence-corrected chi connectivity index (χ0v) is 9.70. The number of carboxylic acids is 1. The van der Waals surface area contributed by atoms with Crippen molar-refractivity contribution in [3.8, 4) is 0 Å². The van der Waals surface area contributed by atoms with Crippen molar-refractivity contribution in [2.75, 3.05) is 13.1 Å². The average Bonchev–Trinajstić information content (AvgIpc) is 2.26. The van der Waals surface area contributed by atoms with Gasteiger partial charge in [-0.05, 0) is 0 Å². The number of benzene rings is 1. The molecule has 0 saturated carbocycles. The van der Waals surface area contributed by atoms with Crippen molar-refractivity contribution in [1.82, 2.24) is 4.90 Å². The Morgan fingerprint density at radius 2 is 1.79 bits per heavy atom. The Bertz CT molecular complexity index is 508. The molecule has 0 unspecified atom stereocenters. The number of hydrogen-bond acceptors (Lipinski definition) is 2. The van der Waals surface area contributed by atoms with Gasteiger partial charge >= 0.3 is 5.97 Å². The third kappa shape index (κ3) is 3.57. The average molecular weight is 273 g/mol. The minimum Gasteiger partial charge on any atom is -0.480 e. The van der Waals surface area contributed by atoms with Gasteiger partial charge in [-0.1, -0.05) is 6.08 Å². The fraction of sp³-hybridized carbons (Fsp3) is 0.167. The molecule has 0 aliphatic heterocycles. The van der Waals surface area contributed by atoms with Crippen molar-refractivity contribution in [2.24, 2.45) is 0 Å². The lowest BCUT2D eigenvalue weighted by atomic mass is 10.1. The zero-order chi connectivity index (χ0) is 14.6. The van der Waals surface area contributed by atoms with E-state index in [0.29, 0.717) is 17.0 Å². The molecule has 0 bridgehead atoms. The molecule has 0 radical (unpaired) electrons. The number of aliphatic carboxylic acids is 1. The van der Waals surface area contributed by atoms with Gasteiger partial charge in [0.25, 0.3) is 5.91 Å². The van der Waals surface area contributed by atoms with Crippen LogP contribution in [0.5, 0.6) is 0 Å². The highest BCUT2D eigenvalue weighted by molar-refractivity contribution is 5.96. The second kappa shape index (κ2) is 6.03. The van der Waals surface area contributed by atoms with Crippen LogP contribution in [0.4, 0.5) is 13.2 Å². The highest BCUT2D eigenvalue weighted by Crippen LogP contribution is 2.17. The fourth-order valence-electron chi connectivity index (χ4n) is 1.44. The first kappa shape index (κ1) is 14.7. The van der Waals surface area contributed by atoms with Gasteiger partial charge in [-0.15, -0.1) is 6.58 Å². The standard InChI is InChI=1S/C12H10F3NO3/c1-2-3-16(6-10(17)18)12(19)11-8(14)4-7(13)5-9(11)15/h2,4-5H,1,3,6H2,(H,17,18). The monoisotopic (exact) mass is 273 g/mol. The summed E-state index contributed by atoms with van der Waals surface area (Å²) in [6.07, 6.45) is 1.21. The summed E-state index contributed by atoms with van der Waals surface area (Å²) in [7, 11) is 0. The molecular weight excluding hydrogens is 263 g/mol. The van der Waals surface area contributed by atoms with E-state index >= 15 is 0 Å². The molecular formula is C12H10F3NO3. The number of nitrogens with zero attached hydrogens (tertiary/aromatic N) is 1. The van der Waals surface area contributed by atoms with Crippen molar-refractivity contribution in [1.29, 1.82) is 0 Å². The lowest BCUT2D eigenvalue weighted by Crippen LogP contribution is -2.36. The minimum atomic E-state index is -1.39. The number of carboxylic acid groups (broad SMARTS) is 1. The molecule has 1 amide bonds. The SMILES string of the molecule is C=CCN(CC(=O)O)C(=O)c1c(F)cc(F)cc1F. The topological polar surface area (TPSA) is 57.6 Å². The predicted octanol–water partition coefficient (Wildman–Crippen LogP) is 1.82. The Hall–Kier alpha value is -2.31. The normalized spacial score (nSPS) is 10.1. The molecule has 0 heterocycles. The van der Waals surface area contributed by atoms with Crippen LogP contribution in [0.15, 0.2) is 24.8 Å². The molecule has 0 aliphatic rings. The maximum absolute atomic E-state index is 13.4. The minimum absolute atomic E-state index is 0.207. The summed E-state index contributed by atoms with van der Waals surface area (Å²) in [4.78, 5) is 23.1. The van der Waals surface area contributed by atoms with Crippen molar-refractivity contribution in [3.63, 3.8) is 0 Å². The van der Waals surface area contributed by atoms with E-state index in [0.717, 1.165) is 0 Å². The molecule has 0 atom stereocenters. The van der Waals surface area contributed by atoms with E-state index in [4.69, 9.17) is 5.11 Å². The Labute approximate surface area is 106 Å². The summed E-state index contributed by atoms with van der Waals surface area (Å²) in [5.74, 6) is -6.47. The third-order valence-electron chi connectivity index (χ3n) is 2.18. The van der Waals surface area contributed by atoms with Gasteiger partial charge in [0, 0.05) is 18.7 Å². The summed E-state index contributed by atoms with van der Waals surface area (Å²) in [6, 6.07) is 0.701. The highest BCUT2D eigenvalue weighted by Gasteiger charge is 2.24. The summed E-state index contributed by atoms with van der Waals surface area (Å²) < 4.78 is 39.5. The van der Waals surface area contributed by atoms with E-state index in [1.165, 1.54) is 6.08 Å². The molecule has 1 aromatic carbocycles.